The van der Waals surface area contributed by atoms with E-state index in [2.05, 4.69) is 16.0 Å². The zero-order valence-corrected chi connectivity index (χ0v) is 25.8. The first-order valence-electron chi connectivity index (χ1n) is 14.7. The number of unbranched alkanes of at least 4 members (excludes halogenated alkanes) is 2. The minimum Gasteiger partial charge on any atom is -0.429 e. The number of nitrogens with two attached hydrogens (primary N) is 1. The molecule has 5 N–H and O–H groups in total. The molecule has 0 radical (unpaired) electrons. The number of hydrogen-bond donors (Lipinski definition) is 4. The zero-order valence-electron chi connectivity index (χ0n) is 25.8. The van der Waals surface area contributed by atoms with Gasteiger partial charge in [-0.2, -0.15) is 0 Å². The molecule has 254 valence electrons. The molecular weight excluding hydrogens is 632 g/mol. The summed E-state index contributed by atoms with van der Waals surface area (Å²) in [5.74, 6) is -3.44. The average molecular weight is 667 g/mol. The Morgan fingerprint density at radius 1 is 0.896 bits per heavy atom. The highest BCUT2D eigenvalue weighted by molar-refractivity contribution is 6.12. The highest BCUT2D eigenvalue weighted by Crippen LogP contribution is 2.18. The van der Waals surface area contributed by atoms with Crippen LogP contribution in [0, 0.1) is 10.1 Å². The van der Waals surface area contributed by atoms with Crippen molar-refractivity contribution in [3.8, 4) is 5.75 Å². The molecule has 0 spiro atoms. The fourth-order valence-electron chi connectivity index (χ4n) is 4.29. The van der Waals surface area contributed by atoms with Crippen molar-refractivity contribution in [2.75, 3.05) is 11.9 Å². The largest absolute Gasteiger partial charge is 0.514 e. The number of imide groups is 1. The number of nitro groups is 1. The molecule has 17 heteroatoms. The summed E-state index contributed by atoms with van der Waals surface area (Å²) in [6, 6.07) is 8.50. The maximum atomic E-state index is 12.9. The summed E-state index contributed by atoms with van der Waals surface area (Å²) in [6.07, 6.45) is 2.47. The van der Waals surface area contributed by atoms with Crippen molar-refractivity contribution in [1.82, 2.24) is 15.5 Å². The van der Waals surface area contributed by atoms with Crippen molar-refractivity contribution in [2.45, 2.75) is 57.7 Å². The molecule has 48 heavy (non-hydrogen) atoms. The summed E-state index contributed by atoms with van der Waals surface area (Å²) in [5.41, 5.74) is 5.92. The highest BCUT2D eigenvalue weighted by atomic mass is 16.7. The van der Waals surface area contributed by atoms with Gasteiger partial charge in [-0.25, -0.2) is 4.79 Å². The van der Waals surface area contributed by atoms with E-state index in [1.165, 1.54) is 67.6 Å². The predicted molar refractivity (Wildman–Crippen MR) is 167 cm³/mol. The molecule has 0 aliphatic carbocycles. The first kappa shape index (κ1) is 36.3. The molecule has 1 heterocycles. The van der Waals surface area contributed by atoms with Gasteiger partial charge >= 0.3 is 6.16 Å². The average Bonchev–Trinajstić information content (AvgIpc) is 3.36. The number of hydrogen-bond acceptors (Lipinski definition) is 11. The second kappa shape index (κ2) is 17.5. The van der Waals surface area contributed by atoms with Crippen LogP contribution >= 0.6 is 0 Å². The number of nitrogens with zero attached hydrogens (tertiary/aromatic N) is 2. The van der Waals surface area contributed by atoms with Crippen LogP contribution in [0.2, 0.25) is 0 Å². The van der Waals surface area contributed by atoms with Gasteiger partial charge in [0, 0.05) is 42.9 Å². The van der Waals surface area contributed by atoms with Crippen molar-refractivity contribution < 1.29 is 48.0 Å². The molecule has 0 aromatic heterocycles. The molecule has 2 aromatic rings. The number of non-ortho nitro benzene ring substituents is 1. The van der Waals surface area contributed by atoms with E-state index < -0.39 is 53.2 Å². The second-order valence-electron chi connectivity index (χ2n) is 10.6. The Balaban J connectivity index is 1.41. The fraction of sp³-hybridized carbons (Fsp3) is 0.323. The smallest absolute Gasteiger partial charge is 0.429 e. The molecule has 3 rings (SSSR count). The lowest BCUT2D eigenvalue weighted by Gasteiger charge is -2.20. The van der Waals surface area contributed by atoms with Crippen LogP contribution in [0.25, 0.3) is 0 Å². The van der Waals surface area contributed by atoms with Crippen molar-refractivity contribution in [3.05, 3.63) is 76.4 Å². The van der Waals surface area contributed by atoms with Gasteiger partial charge in [0.1, 0.15) is 24.4 Å². The predicted octanol–water partition coefficient (Wildman–Crippen LogP) is 1.60. The first-order chi connectivity index (χ1) is 22.8. The Morgan fingerprint density at radius 2 is 1.54 bits per heavy atom. The van der Waals surface area contributed by atoms with Crippen LogP contribution in [0.4, 0.5) is 16.2 Å². The van der Waals surface area contributed by atoms with Gasteiger partial charge in [-0.15, -0.1) is 0 Å². The minimum absolute atomic E-state index is 0.0517. The molecule has 0 fully saturated rings. The van der Waals surface area contributed by atoms with Gasteiger partial charge < -0.3 is 31.2 Å². The summed E-state index contributed by atoms with van der Waals surface area (Å²) in [5, 5.41) is 18.2. The van der Waals surface area contributed by atoms with Crippen LogP contribution in [-0.2, 0) is 40.1 Å². The van der Waals surface area contributed by atoms with Gasteiger partial charge in [-0.3, -0.25) is 43.8 Å². The Morgan fingerprint density at radius 3 is 2.15 bits per heavy atom. The maximum absolute atomic E-state index is 12.9. The van der Waals surface area contributed by atoms with Gasteiger partial charge in [0.15, 0.2) is 0 Å². The highest BCUT2D eigenvalue weighted by Gasteiger charge is 2.26. The number of amides is 6. The molecule has 6 amide bonds. The van der Waals surface area contributed by atoms with Crippen molar-refractivity contribution in [3.63, 3.8) is 0 Å². The van der Waals surface area contributed by atoms with Crippen LogP contribution in [0.3, 0.4) is 0 Å². The summed E-state index contributed by atoms with van der Waals surface area (Å²) in [6.45, 7) is 1.46. The molecule has 0 bridgehead atoms. The third kappa shape index (κ3) is 11.7. The second-order valence-corrected chi connectivity index (χ2v) is 10.6. The molecule has 0 saturated heterocycles. The van der Waals surface area contributed by atoms with Crippen LogP contribution in [0.5, 0.6) is 5.75 Å². The number of benzene rings is 2. The third-order valence-corrected chi connectivity index (χ3v) is 6.82. The van der Waals surface area contributed by atoms with E-state index in [0.717, 1.165) is 4.90 Å². The van der Waals surface area contributed by atoms with Crippen LogP contribution < -0.4 is 26.4 Å². The molecule has 1 aliphatic heterocycles. The molecule has 1 aliphatic rings. The first-order valence-corrected chi connectivity index (χ1v) is 14.7. The van der Waals surface area contributed by atoms with Gasteiger partial charge in [0.25, 0.3) is 17.5 Å². The standard InChI is InChI=1S/C31H34N6O11/c1-19(33-26(39)5-3-2-4-16-36-27(40)14-15-28(36)41)29(42)35-24(17-25(32)38)30(43)34-21-8-6-20(7-9-21)18-47-31(44)48-23-12-10-22(11-13-23)37(45)46/h6-15,19,24H,2-5,16-18H2,1H3,(H2,32,38)(H,33,39)(H,34,43)(H,35,42). The van der Waals surface area contributed by atoms with Crippen LogP contribution in [-0.4, -0.2) is 70.1 Å². The lowest BCUT2D eigenvalue weighted by atomic mass is 10.1. The quantitative estimate of drug-likeness (QED) is 0.0471. The van der Waals surface area contributed by atoms with E-state index in [0.29, 0.717) is 24.8 Å². The lowest BCUT2D eigenvalue weighted by molar-refractivity contribution is -0.384. The number of rotatable bonds is 17. The van der Waals surface area contributed by atoms with E-state index in [1.807, 2.05) is 0 Å². The zero-order chi connectivity index (χ0) is 35.2. The van der Waals surface area contributed by atoms with E-state index in [4.69, 9.17) is 15.2 Å². The SMILES string of the molecule is CC(NC(=O)CCCCCN1C(=O)C=CC1=O)C(=O)NC(CC(N)=O)C(=O)Nc1ccc(COC(=O)Oc2ccc([N+](=O)[O-])cc2)cc1. The Hall–Kier alpha value is -6.13. The number of anilines is 1. The van der Waals surface area contributed by atoms with E-state index in [-0.39, 0.29) is 48.5 Å². The summed E-state index contributed by atoms with van der Waals surface area (Å²) < 4.78 is 9.99. The number of primary amides is 1. The van der Waals surface area contributed by atoms with Gasteiger partial charge in [-0.1, -0.05) is 18.6 Å². The molecular formula is C31H34N6O11. The summed E-state index contributed by atoms with van der Waals surface area (Å²) >= 11 is 0. The topological polar surface area (TPSA) is 246 Å². The minimum atomic E-state index is -1.35. The monoisotopic (exact) mass is 666 g/mol. The normalized spacial score (nSPS) is 13.3. The van der Waals surface area contributed by atoms with Gasteiger partial charge in [-0.05, 0) is 49.6 Å². The Bertz CT molecular complexity index is 1560. The van der Waals surface area contributed by atoms with Crippen LogP contribution in [0.15, 0.2) is 60.7 Å². The lowest BCUT2D eigenvalue weighted by Crippen LogP contribution is -2.52. The fourth-order valence-corrected chi connectivity index (χ4v) is 4.29. The number of carbonyl (C=O) groups is 7. The third-order valence-electron chi connectivity index (χ3n) is 6.82. The molecule has 17 nitrogen and oxygen atoms in total. The molecule has 0 saturated carbocycles. The maximum Gasteiger partial charge on any atom is 0.514 e. The number of nitro benzene ring substituents is 1. The number of ether oxygens (including phenoxy) is 2. The van der Waals surface area contributed by atoms with Gasteiger partial charge in [0.05, 0.1) is 11.3 Å². The molecule has 2 unspecified atom stereocenters. The number of nitrogens with one attached hydrogen (secondary N) is 3. The Labute approximate surface area is 273 Å². The molecule has 2 aromatic carbocycles. The van der Waals surface area contributed by atoms with Crippen molar-refractivity contribution >= 4 is 53.0 Å². The van der Waals surface area contributed by atoms with Crippen LogP contribution in [0.1, 0.15) is 44.6 Å². The van der Waals surface area contributed by atoms with Crippen molar-refractivity contribution in [1.29, 1.82) is 0 Å². The van der Waals surface area contributed by atoms with E-state index in [9.17, 15) is 43.7 Å². The number of carbonyl (C=O) groups excluding carboxylic acids is 7. The summed E-state index contributed by atoms with van der Waals surface area (Å²) in [7, 11) is 0. The van der Waals surface area contributed by atoms with E-state index in [1.54, 1.807) is 0 Å². The van der Waals surface area contributed by atoms with Gasteiger partial charge in [0.2, 0.25) is 23.6 Å². The summed E-state index contributed by atoms with van der Waals surface area (Å²) in [4.78, 5) is 95.9. The van der Waals surface area contributed by atoms with E-state index >= 15 is 0 Å². The van der Waals surface area contributed by atoms with Crippen molar-refractivity contribution in [2.24, 2.45) is 5.73 Å². The Kier molecular flexibility index (Phi) is 13.3. The molecule has 2 atom stereocenters.